The van der Waals surface area contributed by atoms with Crippen LogP contribution in [0.15, 0.2) is 41.3 Å². The number of rotatable bonds is 8. The van der Waals surface area contributed by atoms with E-state index in [-0.39, 0.29) is 23.2 Å². The lowest BCUT2D eigenvalue weighted by molar-refractivity contribution is -0.384. The van der Waals surface area contributed by atoms with E-state index in [4.69, 9.17) is 21.1 Å². The van der Waals surface area contributed by atoms with Gasteiger partial charge in [0.1, 0.15) is 0 Å². The van der Waals surface area contributed by atoms with Gasteiger partial charge in [-0.2, -0.15) is 0 Å². The van der Waals surface area contributed by atoms with Crippen LogP contribution in [0.3, 0.4) is 0 Å². The van der Waals surface area contributed by atoms with Crippen molar-refractivity contribution in [2.75, 3.05) is 7.11 Å². The Hall–Kier alpha value is -3.04. The second-order valence-corrected chi connectivity index (χ2v) is 8.46. The van der Waals surface area contributed by atoms with Gasteiger partial charge >= 0.3 is 0 Å². The summed E-state index contributed by atoms with van der Waals surface area (Å²) >= 11 is 7.20. The monoisotopic (exact) mass is 476 g/mol. The number of methoxy groups -OCH3 is 1. The predicted octanol–water partition coefficient (Wildman–Crippen LogP) is 5.67. The highest BCUT2D eigenvalue weighted by molar-refractivity contribution is 8.18. The molecule has 0 bridgehead atoms. The van der Waals surface area contributed by atoms with Crippen molar-refractivity contribution in [2.24, 2.45) is 0 Å². The molecule has 1 aliphatic rings. The van der Waals surface area contributed by atoms with Crippen LogP contribution >= 0.6 is 23.4 Å². The fraction of sp³-hybridized carbons (Fsp3) is 0.273. The van der Waals surface area contributed by atoms with Crippen LogP contribution in [-0.2, 0) is 11.3 Å². The number of non-ortho nitro benzene ring substituents is 1. The maximum Gasteiger partial charge on any atom is 0.293 e. The number of hydrogen-bond acceptors (Lipinski definition) is 7. The van der Waals surface area contributed by atoms with Crippen LogP contribution in [0.25, 0.3) is 6.08 Å². The number of benzene rings is 2. The van der Waals surface area contributed by atoms with Crippen LogP contribution in [0.1, 0.15) is 31.4 Å². The Balaban J connectivity index is 1.82. The zero-order chi connectivity index (χ0) is 23.4. The largest absolute Gasteiger partial charge is 0.493 e. The summed E-state index contributed by atoms with van der Waals surface area (Å²) in [6.07, 6.45) is 2.31. The quantitative estimate of drug-likeness (QED) is 0.275. The van der Waals surface area contributed by atoms with Crippen molar-refractivity contribution >= 4 is 46.3 Å². The van der Waals surface area contributed by atoms with Gasteiger partial charge in [0.05, 0.1) is 34.6 Å². The zero-order valence-electron chi connectivity index (χ0n) is 17.7. The molecule has 1 heterocycles. The molecule has 1 saturated heterocycles. The number of nitrogens with zero attached hydrogens (tertiary/aromatic N) is 2. The highest BCUT2D eigenvalue weighted by atomic mass is 35.5. The summed E-state index contributed by atoms with van der Waals surface area (Å²) in [6, 6.07) is 9.04. The summed E-state index contributed by atoms with van der Waals surface area (Å²) in [5.41, 5.74) is 1.13. The molecule has 0 aliphatic carbocycles. The Morgan fingerprint density at radius 1 is 1.25 bits per heavy atom. The van der Waals surface area contributed by atoms with Crippen LogP contribution < -0.4 is 9.47 Å². The SMILES string of the molecule is CCC(C)Oc1c(Cl)cc(C=C2SC(=O)N(Cc3ccc([N+](=O)[O-])cc3)C2=O)cc1OC. The van der Waals surface area contributed by atoms with Crippen LogP contribution in [0.4, 0.5) is 10.5 Å². The minimum absolute atomic E-state index is 0.0196. The first-order valence-corrected chi connectivity index (χ1v) is 11.0. The Labute approximate surface area is 194 Å². The average molecular weight is 477 g/mol. The third-order valence-electron chi connectivity index (χ3n) is 4.80. The lowest BCUT2D eigenvalue weighted by atomic mass is 10.1. The van der Waals surface area contributed by atoms with Crippen molar-refractivity contribution in [2.45, 2.75) is 32.9 Å². The first-order valence-electron chi connectivity index (χ1n) is 9.76. The number of carbonyl (C=O) groups excluding carboxylic acids is 2. The number of ether oxygens (including phenoxy) is 2. The number of imide groups is 1. The Morgan fingerprint density at radius 3 is 2.53 bits per heavy atom. The maximum absolute atomic E-state index is 12.8. The van der Waals surface area contributed by atoms with Gasteiger partial charge in [-0.25, -0.2) is 0 Å². The van der Waals surface area contributed by atoms with E-state index < -0.39 is 16.1 Å². The minimum Gasteiger partial charge on any atom is -0.493 e. The molecule has 10 heteroatoms. The van der Waals surface area contributed by atoms with E-state index in [9.17, 15) is 19.7 Å². The van der Waals surface area contributed by atoms with Crippen LogP contribution in [0.5, 0.6) is 11.5 Å². The predicted molar refractivity (Wildman–Crippen MR) is 123 cm³/mol. The molecule has 0 spiro atoms. The molecular weight excluding hydrogens is 456 g/mol. The maximum atomic E-state index is 12.8. The molecule has 1 aliphatic heterocycles. The molecule has 0 N–H and O–H groups in total. The molecule has 8 nitrogen and oxygen atoms in total. The molecule has 1 unspecified atom stereocenters. The lowest BCUT2D eigenvalue weighted by Gasteiger charge is -2.17. The van der Waals surface area contributed by atoms with Gasteiger partial charge in [0.25, 0.3) is 16.8 Å². The van der Waals surface area contributed by atoms with Gasteiger partial charge in [0.2, 0.25) is 0 Å². The van der Waals surface area contributed by atoms with Crippen molar-refractivity contribution in [1.29, 1.82) is 0 Å². The van der Waals surface area contributed by atoms with Crippen molar-refractivity contribution in [3.05, 3.63) is 67.6 Å². The summed E-state index contributed by atoms with van der Waals surface area (Å²) in [4.78, 5) is 36.8. The summed E-state index contributed by atoms with van der Waals surface area (Å²) in [7, 11) is 1.50. The molecule has 2 aromatic carbocycles. The van der Waals surface area contributed by atoms with Crippen LogP contribution in [0.2, 0.25) is 5.02 Å². The number of amides is 2. The van der Waals surface area contributed by atoms with E-state index in [0.29, 0.717) is 27.6 Å². The summed E-state index contributed by atoms with van der Waals surface area (Å²) in [6.45, 7) is 3.93. The highest BCUT2D eigenvalue weighted by Crippen LogP contribution is 2.39. The second kappa shape index (κ2) is 10.1. The third-order valence-corrected chi connectivity index (χ3v) is 5.99. The molecule has 1 atom stereocenters. The topological polar surface area (TPSA) is 99.0 Å². The summed E-state index contributed by atoms with van der Waals surface area (Å²) < 4.78 is 11.2. The lowest BCUT2D eigenvalue weighted by Crippen LogP contribution is -2.27. The van der Waals surface area contributed by atoms with Gasteiger partial charge in [-0.05, 0) is 54.4 Å². The van der Waals surface area contributed by atoms with Gasteiger partial charge in [-0.1, -0.05) is 30.7 Å². The average Bonchev–Trinajstić information content (AvgIpc) is 3.02. The fourth-order valence-electron chi connectivity index (χ4n) is 2.92. The molecule has 0 aromatic heterocycles. The van der Waals surface area contributed by atoms with Crippen molar-refractivity contribution < 1.29 is 24.0 Å². The first-order chi connectivity index (χ1) is 15.2. The summed E-state index contributed by atoms with van der Waals surface area (Å²) in [5, 5.41) is 10.7. The van der Waals surface area contributed by atoms with Gasteiger partial charge in [0, 0.05) is 12.1 Å². The Morgan fingerprint density at radius 2 is 1.94 bits per heavy atom. The molecule has 3 rings (SSSR count). The molecule has 2 aromatic rings. The van der Waals surface area contributed by atoms with E-state index in [2.05, 4.69) is 0 Å². The van der Waals surface area contributed by atoms with E-state index in [0.717, 1.165) is 23.1 Å². The molecular formula is C22H21ClN2O6S. The van der Waals surface area contributed by atoms with E-state index in [1.54, 1.807) is 18.2 Å². The zero-order valence-corrected chi connectivity index (χ0v) is 19.2. The fourth-order valence-corrected chi connectivity index (χ4v) is 4.02. The molecule has 168 valence electrons. The van der Waals surface area contributed by atoms with Crippen LogP contribution in [0, 0.1) is 10.1 Å². The van der Waals surface area contributed by atoms with E-state index >= 15 is 0 Å². The summed E-state index contributed by atoms with van der Waals surface area (Å²) in [5.74, 6) is 0.398. The number of hydrogen-bond donors (Lipinski definition) is 0. The smallest absolute Gasteiger partial charge is 0.293 e. The second-order valence-electron chi connectivity index (χ2n) is 7.06. The number of carbonyl (C=O) groups is 2. The first kappa shape index (κ1) is 23.6. The highest BCUT2D eigenvalue weighted by Gasteiger charge is 2.35. The molecule has 2 amide bonds. The number of nitro groups is 1. The number of nitro benzene ring substituents is 1. The normalized spacial score (nSPS) is 15.9. The van der Waals surface area contributed by atoms with Crippen molar-refractivity contribution in [1.82, 2.24) is 4.90 Å². The van der Waals surface area contributed by atoms with Crippen molar-refractivity contribution in [3.8, 4) is 11.5 Å². The molecule has 0 radical (unpaired) electrons. The number of thioether (sulfide) groups is 1. The van der Waals surface area contributed by atoms with Crippen LogP contribution in [-0.4, -0.2) is 34.2 Å². The van der Waals surface area contributed by atoms with Gasteiger partial charge in [-0.15, -0.1) is 0 Å². The van der Waals surface area contributed by atoms with E-state index in [1.165, 1.54) is 31.4 Å². The molecule has 0 saturated carbocycles. The Kier molecular flexibility index (Phi) is 7.42. The molecule has 32 heavy (non-hydrogen) atoms. The van der Waals surface area contributed by atoms with E-state index in [1.807, 2.05) is 13.8 Å². The van der Waals surface area contributed by atoms with Crippen molar-refractivity contribution in [3.63, 3.8) is 0 Å². The van der Waals surface area contributed by atoms with Gasteiger partial charge in [-0.3, -0.25) is 24.6 Å². The number of halogens is 1. The minimum atomic E-state index is -0.509. The van der Waals surface area contributed by atoms with Gasteiger partial charge < -0.3 is 9.47 Å². The standard InChI is InChI=1S/C22H21ClN2O6S/c1-4-13(2)31-20-17(23)9-15(10-18(20)30-3)11-19-21(26)24(22(27)32-19)12-14-5-7-16(8-6-14)25(28)29/h5-11,13H,4,12H2,1-3H3. The molecule has 1 fully saturated rings. The Bertz CT molecular complexity index is 1090. The third kappa shape index (κ3) is 5.23. The van der Waals surface area contributed by atoms with Gasteiger partial charge in [0.15, 0.2) is 11.5 Å².